The average Bonchev–Trinajstić information content (AvgIpc) is 2.93. The van der Waals surface area contributed by atoms with Gasteiger partial charge in [-0.25, -0.2) is 0 Å². The first-order valence-corrected chi connectivity index (χ1v) is 8.95. The van der Waals surface area contributed by atoms with Gasteiger partial charge in [0.05, 0.1) is 12.6 Å². The van der Waals surface area contributed by atoms with Crippen LogP contribution in [0.2, 0.25) is 0 Å². The molecule has 4 rings (SSSR count). The van der Waals surface area contributed by atoms with Gasteiger partial charge in [0, 0.05) is 22.5 Å². The molecular weight excluding hydrogens is 350 g/mol. The lowest BCUT2D eigenvalue weighted by molar-refractivity contribution is 0.0620. The Morgan fingerprint density at radius 1 is 1.04 bits per heavy atom. The molecule has 2 heterocycles. The van der Waals surface area contributed by atoms with Crippen molar-refractivity contribution in [2.45, 2.75) is 25.5 Å². The van der Waals surface area contributed by atoms with Crippen LogP contribution in [-0.2, 0) is 4.74 Å². The molecule has 23 heavy (non-hydrogen) atoms. The summed E-state index contributed by atoms with van der Waals surface area (Å²) in [6.45, 7) is 3.08. The summed E-state index contributed by atoms with van der Waals surface area (Å²) in [5, 5.41) is 3.76. The Morgan fingerprint density at radius 2 is 1.78 bits per heavy atom. The standard InChI is InChI=1S/C20H20BrNO/c1-13-18-17(22-19(13)14-7-3-2-4-8-14)11-12-23-20(18)15-9-5-6-10-16(15)21/h2-10,13,19-20,22H,11-12H2,1H3/t13-,19+,20-/m0/s1. The molecule has 2 aliphatic rings. The van der Waals surface area contributed by atoms with Crippen LogP contribution in [-0.4, -0.2) is 6.61 Å². The van der Waals surface area contributed by atoms with Crippen molar-refractivity contribution in [3.8, 4) is 0 Å². The van der Waals surface area contributed by atoms with Gasteiger partial charge in [0.25, 0.3) is 0 Å². The molecule has 0 fully saturated rings. The van der Waals surface area contributed by atoms with E-state index in [1.807, 2.05) is 0 Å². The molecule has 0 amide bonds. The Hall–Kier alpha value is -1.58. The molecule has 2 aromatic rings. The highest BCUT2D eigenvalue weighted by atomic mass is 79.9. The zero-order valence-corrected chi connectivity index (χ0v) is 14.7. The van der Waals surface area contributed by atoms with Gasteiger partial charge in [0.1, 0.15) is 6.10 Å². The fourth-order valence-corrected chi connectivity index (χ4v) is 4.30. The van der Waals surface area contributed by atoms with Crippen LogP contribution in [0.4, 0.5) is 0 Å². The van der Waals surface area contributed by atoms with Crippen LogP contribution in [0, 0.1) is 5.92 Å². The molecule has 2 nitrogen and oxygen atoms in total. The number of rotatable bonds is 2. The molecule has 2 aliphatic heterocycles. The summed E-state index contributed by atoms with van der Waals surface area (Å²) in [5.41, 5.74) is 5.36. The Balaban J connectivity index is 1.71. The van der Waals surface area contributed by atoms with Gasteiger partial charge in [-0.1, -0.05) is 71.4 Å². The fraction of sp³-hybridized carbons (Fsp3) is 0.300. The van der Waals surface area contributed by atoms with Crippen molar-refractivity contribution in [1.82, 2.24) is 5.32 Å². The number of hydrogen-bond acceptors (Lipinski definition) is 2. The van der Waals surface area contributed by atoms with Crippen molar-refractivity contribution in [3.05, 3.63) is 81.5 Å². The van der Waals surface area contributed by atoms with E-state index in [1.165, 1.54) is 22.4 Å². The molecule has 118 valence electrons. The number of benzene rings is 2. The van der Waals surface area contributed by atoms with Crippen LogP contribution >= 0.6 is 15.9 Å². The average molecular weight is 370 g/mol. The summed E-state index contributed by atoms with van der Waals surface area (Å²) in [5.74, 6) is 0.421. The van der Waals surface area contributed by atoms with E-state index in [0.717, 1.165) is 17.5 Å². The van der Waals surface area contributed by atoms with Gasteiger partial charge in [0.2, 0.25) is 0 Å². The summed E-state index contributed by atoms with van der Waals surface area (Å²) in [7, 11) is 0. The first kappa shape index (κ1) is 15.0. The Labute approximate surface area is 145 Å². The number of nitrogens with one attached hydrogen (secondary N) is 1. The van der Waals surface area contributed by atoms with Crippen LogP contribution < -0.4 is 5.32 Å². The second-order valence-electron chi connectivity index (χ2n) is 6.28. The largest absolute Gasteiger partial charge is 0.381 e. The fourth-order valence-electron chi connectivity index (χ4n) is 3.81. The molecular formula is C20H20BrNO. The van der Waals surface area contributed by atoms with Crippen molar-refractivity contribution in [1.29, 1.82) is 0 Å². The van der Waals surface area contributed by atoms with Gasteiger partial charge in [-0.2, -0.15) is 0 Å². The van der Waals surface area contributed by atoms with Gasteiger partial charge >= 0.3 is 0 Å². The molecule has 2 aromatic carbocycles. The monoisotopic (exact) mass is 369 g/mol. The van der Waals surface area contributed by atoms with Gasteiger partial charge in [-0.05, 0) is 22.8 Å². The molecule has 3 heteroatoms. The third-order valence-corrected chi connectivity index (χ3v) is 5.66. The van der Waals surface area contributed by atoms with E-state index in [9.17, 15) is 0 Å². The lowest BCUT2D eigenvalue weighted by Gasteiger charge is -2.28. The van der Waals surface area contributed by atoms with Gasteiger partial charge < -0.3 is 10.1 Å². The summed E-state index contributed by atoms with van der Waals surface area (Å²) in [4.78, 5) is 0. The van der Waals surface area contributed by atoms with Crippen LogP contribution in [0.25, 0.3) is 0 Å². The summed E-state index contributed by atoms with van der Waals surface area (Å²) in [6.07, 6.45) is 1.02. The first-order chi connectivity index (χ1) is 11.3. The van der Waals surface area contributed by atoms with Crippen LogP contribution in [0.5, 0.6) is 0 Å². The molecule has 0 radical (unpaired) electrons. The minimum absolute atomic E-state index is 0.0468. The maximum absolute atomic E-state index is 6.19. The van der Waals surface area contributed by atoms with Gasteiger partial charge in [0.15, 0.2) is 0 Å². The normalized spacial score (nSPS) is 26.8. The van der Waals surface area contributed by atoms with E-state index in [0.29, 0.717) is 12.0 Å². The lowest BCUT2D eigenvalue weighted by atomic mass is 9.85. The zero-order chi connectivity index (χ0) is 15.8. The molecule has 0 aromatic heterocycles. The lowest BCUT2D eigenvalue weighted by Crippen LogP contribution is -2.19. The van der Waals surface area contributed by atoms with Crippen LogP contribution in [0.1, 0.15) is 36.6 Å². The van der Waals surface area contributed by atoms with E-state index in [-0.39, 0.29) is 6.10 Å². The smallest absolute Gasteiger partial charge is 0.107 e. The highest BCUT2D eigenvalue weighted by Crippen LogP contribution is 2.47. The minimum atomic E-state index is 0.0468. The Bertz CT molecular complexity index is 740. The molecule has 0 aliphatic carbocycles. The topological polar surface area (TPSA) is 21.3 Å². The molecule has 0 bridgehead atoms. The van der Waals surface area contributed by atoms with E-state index < -0.39 is 0 Å². The summed E-state index contributed by atoms with van der Waals surface area (Å²) in [6, 6.07) is 19.4. The number of halogens is 1. The van der Waals surface area contributed by atoms with E-state index in [2.05, 4.69) is 82.8 Å². The van der Waals surface area contributed by atoms with Gasteiger partial charge in [-0.3, -0.25) is 0 Å². The van der Waals surface area contributed by atoms with E-state index in [4.69, 9.17) is 4.74 Å². The SMILES string of the molecule is C[C@H]1C2=C(CCO[C@H]2c2ccccc2Br)N[C@H]1c1ccccc1. The van der Waals surface area contributed by atoms with E-state index >= 15 is 0 Å². The summed E-state index contributed by atoms with van der Waals surface area (Å²) < 4.78 is 7.31. The van der Waals surface area contributed by atoms with Crippen molar-refractivity contribution in [2.75, 3.05) is 6.61 Å². The maximum atomic E-state index is 6.19. The second-order valence-corrected chi connectivity index (χ2v) is 7.13. The highest BCUT2D eigenvalue weighted by molar-refractivity contribution is 9.10. The van der Waals surface area contributed by atoms with Crippen molar-refractivity contribution < 1.29 is 4.74 Å². The van der Waals surface area contributed by atoms with Crippen molar-refractivity contribution in [3.63, 3.8) is 0 Å². The van der Waals surface area contributed by atoms with E-state index in [1.54, 1.807) is 0 Å². The predicted molar refractivity (Wildman–Crippen MR) is 96.0 cm³/mol. The number of hydrogen-bond donors (Lipinski definition) is 1. The molecule has 1 N–H and O–H groups in total. The predicted octanol–water partition coefficient (Wildman–Crippen LogP) is 5.15. The molecule has 0 saturated carbocycles. The molecule has 0 saturated heterocycles. The zero-order valence-electron chi connectivity index (χ0n) is 13.1. The quantitative estimate of drug-likeness (QED) is 0.790. The number of ether oxygens (including phenoxy) is 1. The van der Waals surface area contributed by atoms with Crippen molar-refractivity contribution in [2.24, 2.45) is 5.92 Å². The third-order valence-electron chi connectivity index (χ3n) is 4.93. The second kappa shape index (κ2) is 6.14. The minimum Gasteiger partial charge on any atom is -0.381 e. The molecule has 0 spiro atoms. The third kappa shape index (κ3) is 2.62. The molecule has 0 unspecified atom stereocenters. The first-order valence-electron chi connectivity index (χ1n) is 8.16. The summed E-state index contributed by atoms with van der Waals surface area (Å²) >= 11 is 3.69. The van der Waals surface area contributed by atoms with Crippen LogP contribution in [0.3, 0.4) is 0 Å². The van der Waals surface area contributed by atoms with Crippen LogP contribution in [0.15, 0.2) is 70.3 Å². The highest BCUT2D eigenvalue weighted by Gasteiger charge is 2.39. The maximum Gasteiger partial charge on any atom is 0.107 e. The Morgan fingerprint density at radius 3 is 2.57 bits per heavy atom. The van der Waals surface area contributed by atoms with Crippen molar-refractivity contribution >= 4 is 15.9 Å². The Kier molecular flexibility index (Phi) is 4.00. The molecule has 3 atom stereocenters. The van der Waals surface area contributed by atoms with Gasteiger partial charge in [-0.15, -0.1) is 0 Å².